The number of hydrogen-bond acceptors (Lipinski definition) is 4. The molecule has 1 fully saturated rings. The van der Waals surface area contributed by atoms with Gasteiger partial charge in [0.05, 0.1) is 13.0 Å². The number of esters is 2. The number of rotatable bonds is 5. The predicted octanol–water partition coefficient (Wildman–Crippen LogP) is 2.37. The van der Waals surface area contributed by atoms with Crippen molar-refractivity contribution in [3.8, 4) is 0 Å². The first kappa shape index (κ1) is 13.7. The molecule has 0 radical (unpaired) electrons. The molecular weight excluding hydrogens is 220 g/mol. The van der Waals surface area contributed by atoms with E-state index in [9.17, 15) is 9.59 Å². The quantitative estimate of drug-likeness (QED) is 0.547. The average molecular weight is 240 g/mol. The second kappa shape index (κ2) is 7.09. The summed E-state index contributed by atoms with van der Waals surface area (Å²) in [5.41, 5.74) is 0.175. The van der Waals surface area contributed by atoms with Crippen LogP contribution in [0.4, 0.5) is 0 Å². The maximum Gasteiger partial charge on any atom is 0.334 e. The third kappa shape index (κ3) is 5.02. The van der Waals surface area contributed by atoms with Crippen LogP contribution < -0.4 is 0 Å². The molecule has 0 aromatic carbocycles. The van der Waals surface area contributed by atoms with Crippen LogP contribution in [0.3, 0.4) is 0 Å². The van der Waals surface area contributed by atoms with Gasteiger partial charge in [0.25, 0.3) is 0 Å². The maximum atomic E-state index is 11.6. The standard InChI is InChI=1S/C13H20O4/c1-3-16-12(14)9-10(2)13(15)17-11-7-5-4-6-8-11/h11H,2-9H2,1H3. The fourth-order valence-electron chi connectivity index (χ4n) is 1.88. The van der Waals surface area contributed by atoms with Crippen molar-refractivity contribution in [1.29, 1.82) is 0 Å². The second-order valence-corrected chi connectivity index (χ2v) is 4.25. The van der Waals surface area contributed by atoms with Crippen molar-refractivity contribution in [2.75, 3.05) is 6.61 Å². The summed E-state index contributed by atoms with van der Waals surface area (Å²) in [6, 6.07) is 0. The van der Waals surface area contributed by atoms with Crippen molar-refractivity contribution >= 4 is 11.9 Å². The minimum Gasteiger partial charge on any atom is -0.466 e. The van der Waals surface area contributed by atoms with Crippen molar-refractivity contribution in [3.05, 3.63) is 12.2 Å². The van der Waals surface area contributed by atoms with E-state index in [1.807, 2.05) is 0 Å². The molecule has 0 spiro atoms. The minimum absolute atomic E-state index is 0.00445. The van der Waals surface area contributed by atoms with Crippen LogP contribution in [0.15, 0.2) is 12.2 Å². The zero-order valence-electron chi connectivity index (χ0n) is 10.4. The molecule has 0 aliphatic heterocycles. The van der Waals surface area contributed by atoms with Crippen LogP contribution >= 0.6 is 0 Å². The van der Waals surface area contributed by atoms with Gasteiger partial charge in [0.2, 0.25) is 0 Å². The molecule has 0 saturated heterocycles. The number of carbonyl (C=O) groups is 2. The molecule has 1 rings (SSSR count). The Balaban J connectivity index is 2.30. The van der Waals surface area contributed by atoms with Gasteiger partial charge in [-0.1, -0.05) is 13.0 Å². The normalized spacial score (nSPS) is 16.3. The molecule has 1 aliphatic carbocycles. The highest BCUT2D eigenvalue weighted by molar-refractivity contribution is 5.93. The molecule has 0 unspecified atom stereocenters. The summed E-state index contributed by atoms with van der Waals surface area (Å²) in [5, 5.41) is 0. The van der Waals surface area contributed by atoms with Gasteiger partial charge in [-0.2, -0.15) is 0 Å². The van der Waals surface area contributed by atoms with Crippen LogP contribution in [0.5, 0.6) is 0 Å². The lowest BCUT2D eigenvalue weighted by Gasteiger charge is -2.22. The summed E-state index contributed by atoms with van der Waals surface area (Å²) in [6.45, 7) is 5.60. The fourth-order valence-corrected chi connectivity index (χ4v) is 1.88. The van der Waals surface area contributed by atoms with Crippen molar-refractivity contribution in [2.24, 2.45) is 0 Å². The average Bonchev–Trinajstić information content (AvgIpc) is 2.30. The van der Waals surface area contributed by atoms with Gasteiger partial charge in [-0.25, -0.2) is 4.79 Å². The van der Waals surface area contributed by atoms with Crippen molar-refractivity contribution in [1.82, 2.24) is 0 Å². The summed E-state index contributed by atoms with van der Waals surface area (Å²) >= 11 is 0. The van der Waals surface area contributed by atoms with E-state index in [-0.39, 0.29) is 18.1 Å². The van der Waals surface area contributed by atoms with Crippen LogP contribution in [-0.2, 0) is 19.1 Å². The Labute approximate surface area is 102 Å². The Hall–Kier alpha value is -1.32. The summed E-state index contributed by atoms with van der Waals surface area (Å²) < 4.78 is 10.0. The number of carbonyl (C=O) groups excluding carboxylic acids is 2. The van der Waals surface area contributed by atoms with E-state index in [0.29, 0.717) is 6.61 Å². The van der Waals surface area contributed by atoms with Crippen molar-refractivity contribution in [3.63, 3.8) is 0 Å². The first-order chi connectivity index (χ1) is 8.13. The van der Waals surface area contributed by atoms with Gasteiger partial charge >= 0.3 is 11.9 Å². The van der Waals surface area contributed by atoms with Gasteiger partial charge in [0.15, 0.2) is 0 Å². The zero-order chi connectivity index (χ0) is 12.7. The van der Waals surface area contributed by atoms with Crippen molar-refractivity contribution in [2.45, 2.75) is 51.6 Å². The molecule has 0 bridgehead atoms. The van der Waals surface area contributed by atoms with Gasteiger partial charge in [0, 0.05) is 5.57 Å². The van der Waals surface area contributed by atoms with E-state index in [0.717, 1.165) is 25.7 Å². The molecular formula is C13H20O4. The molecule has 4 heteroatoms. The van der Waals surface area contributed by atoms with E-state index in [2.05, 4.69) is 6.58 Å². The SMILES string of the molecule is C=C(CC(=O)OCC)C(=O)OC1CCCCC1. The first-order valence-corrected chi connectivity index (χ1v) is 6.18. The lowest BCUT2D eigenvalue weighted by Crippen LogP contribution is -2.22. The Bertz CT molecular complexity index is 290. The molecule has 1 saturated carbocycles. The first-order valence-electron chi connectivity index (χ1n) is 6.18. The zero-order valence-corrected chi connectivity index (χ0v) is 10.4. The van der Waals surface area contributed by atoms with Gasteiger partial charge in [-0.15, -0.1) is 0 Å². The largest absolute Gasteiger partial charge is 0.466 e. The van der Waals surface area contributed by atoms with Gasteiger partial charge in [-0.05, 0) is 32.6 Å². The molecule has 96 valence electrons. The van der Waals surface area contributed by atoms with E-state index in [1.165, 1.54) is 6.42 Å². The van der Waals surface area contributed by atoms with Crippen LogP contribution in [0, 0.1) is 0 Å². The lowest BCUT2D eigenvalue weighted by atomic mass is 9.98. The smallest absolute Gasteiger partial charge is 0.334 e. The monoisotopic (exact) mass is 240 g/mol. The summed E-state index contributed by atoms with van der Waals surface area (Å²) in [6.07, 6.45) is 5.15. The molecule has 0 atom stereocenters. The van der Waals surface area contributed by atoms with E-state index in [1.54, 1.807) is 6.92 Å². The predicted molar refractivity (Wildman–Crippen MR) is 63.4 cm³/mol. The summed E-state index contributed by atoms with van der Waals surface area (Å²) in [5.74, 6) is -0.900. The third-order valence-corrected chi connectivity index (χ3v) is 2.78. The molecule has 1 aliphatic rings. The molecule has 0 amide bonds. The second-order valence-electron chi connectivity index (χ2n) is 4.25. The van der Waals surface area contributed by atoms with Gasteiger partial charge in [0.1, 0.15) is 6.10 Å². The highest BCUT2D eigenvalue weighted by Gasteiger charge is 2.20. The number of hydrogen-bond donors (Lipinski definition) is 0. The lowest BCUT2D eigenvalue weighted by molar-refractivity contribution is -0.149. The molecule has 0 aromatic heterocycles. The molecule has 4 nitrogen and oxygen atoms in total. The van der Waals surface area contributed by atoms with Crippen LogP contribution in [0.1, 0.15) is 45.4 Å². The topological polar surface area (TPSA) is 52.6 Å². The Morgan fingerprint density at radius 1 is 1.24 bits per heavy atom. The molecule has 17 heavy (non-hydrogen) atoms. The highest BCUT2D eigenvalue weighted by atomic mass is 16.5. The Kier molecular flexibility index (Phi) is 5.73. The molecule has 0 N–H and O–H groups in total. The highest BCUT2D eigenvalue weighted by Crippen LogP contribution is 2.21. The Morgan fingerprint density at radius 3 is 2.47 bits per heavy atom. The fraction of sp³-hybridized carbons (Fsp3) is 0.692. The van der Waals surface area contributed by atoms with E-state index >= 15 is 0 Å². The molecule has 0 heterocycles. The van der Waals surface area contributed by atoms with Gasteiger partial charge in [-0.3, -0.25) is 4.79 Å². The van der Waals surface area contributed by atoms with Crippen LogP contribution in [-0.4, -0.2) is 24.6 Å². The number of ether oxygens (including phenoxy) is 2. The van der Waals surface area contributed by atoms with Gasteiger partial charge < -0.3 is 9.47 Å². The molecule has 0 aromatic rings. The van der Waals surface area contributed by atoms with E-state index in [4.69, 9.17) is 9.47 Å². The maximum absolute atomic E-state index is 11.6. The van der Waals surface area contributed by atoms with Crippen molar-refractivity contribution < 1.29 is 19.1 Å². The van der Waals surface area contributed by atoms with E-state index < -0.39 is 11.9 Å². The summed E-state index contributed by atoms with van der Waals surface area (Å²) in [7, 11) is 0. The Morgan fingerprint density at radius 2 is 1.88 bits per heavy atom. The van der Waals surface area contributed by atoms with Crippen LogP contribution in [0.2, 0.25) is 0 Å². The third-order valence-electron chi connectivity index (χ3n) is 2.78. The summed E-state index contributed by atoms with van der Waals surface area (Å²) in [4.78, 5) is 22.8. The van der Waals surface area contributed by atoms with Crippen LogP contribution in [0.25, 0.3) is 0 Å². The minimum atomic E-state index is -0.468.